The second-order valence-corrected chi connectivity index (χ2v) is 11.6. The molecule has 0 radical (unpaired) electrons. The number of amides is 2. The van der Waals surface area contributed by atoms with Crippen LogP contribution < -0.4 is 10.6 Å². The number of nitrogens with one attached hydrogen (secondary N) is 2. The van der Waals surface area contributed by atoms with Crippen LogP contribution in [0.1, 0.15) is 75.5 Å². The Bertz CT molecular complexity index is 1280. The summed E-state index contributed by atoms with van der Waals surface area (Å²) < 4.78 is 5.95. The Morgan fingerprint density at radius 1 is 1.03 bits per heavy atom. The van der Waals surface area contributed by atoms with Crippen LogP contribution in [0.3, 0.4) is 0 Å². The largest absolute Gasteiger partial charge is 0.447 e. The Kier molecular flexibility index (Phi) is 7.23. The SMILES string of the molecule is CC(C)(C)c1ccc2oc(C(=O)Nc3ccc(Cl)cn3)c(NC(=O)[C@H]3CC[C@H](N4CCCC4)CC3)c2n1. The highest BCUT2D eigenvalue weighted by molar-refractivity contribution is 6.30. The average molecular weight is 524 g/mol. The minimum atomic E-state index is -0.516. The molecule has 0 bridgehead atoms. The van der Waals surface area contributed by atoms with Crippen molar-refractivity contribution in [1.82, 2.24) is 14.9 Å². The van der Waals surface area contributed by atoms with E-state index in [1.165, 1.54) is 32.1 Å². The zero-order chi connectivity index (χ0) is 26.2. The summed E-state index contributed by atoms with van der Waals surface area (Å²) in [6.07, 6.45) is 7.70. The van der Waals surface area contributed by atoms with Crippen LogP contribution in [0, 0.1) is 5.92 Å². The van der Waals surface area contributed by atoms with Crippen LogP contribution >= 0.6 is 11.6 Å². The highest BCUT2D eigenvalue weighted by atomic mass is 35.5. The summed E-state index contributed by atoms with van der Waals surface area (Å²) in [6, 6.07) is 7.51. The van der Waals surface area contributed by atoms with Gasteiger partial charge in [-0.2, -0.15) is 0 Å². The number of rotatable bonds is 5. The zero-order valence-electron chi connectivity index (χ0n) is 21.6. The molecule has 0 spiro atoms. The Hall–Kier alpha value is -2.97. The fourth-order valence-corrected chi connectivity index (χ4v) is 5.44. The third kappa shape index (κ3) is 5.65. The number of carbonyl (C=O) groups excluding carboxylic acids is 2. The highest BCUT2D eigenvalue weighted by Gasteiger charge is 2.32. The molecule has 1 aliphatic heterocycles. The molecule has 0 atom stereocenters. The van der Waals surface area contributed by atoms with Gasteiger partial charge in [-0.3, -0.25) is 9.59 Å². The number of likely N-dealkylation sites (tertiary alicyclic amines) is 1. The van der Waals surface area contributed by atoms with Crippen molar-refractivity contribution in [1.29, 1.82) is 0 Å². The molecule has 196 valence electrons. The fourth-order valence-electron chi connectivity index (χ4n) is 5.33. The van der Waals surface area contributed by atoms with Gasteiger partial charge in [0.1, 0.15) is 17.0 Å². The molecule has 2 N–H and O–H groups in total. The van der Waals surface area contributed by atoms with Crippen molar-refractivity contribution >= 4 is 46.0 Å². The maximum absolute atomic E-state index is 13.4. The minimum Gasteiger partial charge on any atom is -0.447 e. The van der Waals surface area contributed by atoms with Gasteiger partial charge in [0.2, 0.25) is 11.7 Å². The molecule has 4 heterocycles. The standard InChI is InChI=1S/C28H34ClN5O3/c1-28(2,3)21-12-11-20-23(31-21)24(25(37-20)27(36)32-22-13-8-18(29)16-30-22)33-26(35)17-6-9-19(10-7-17)34-14-4-5-15-34/h8,11-13,16-17,19H,4-7,9-10,14-15H2,1-3H3,(H,33,35)(H,30,32,36)/t17-,19-. The van der Waals surface area contributed by atoms with Gasteiger partial charge in [-0.15, -0.1) is 0 Å². The third-order valence-electron chi connectivity index (χ3n) is 7.45. The molecular formula is C28H34ClN5O3. The lowest BCUT2D eigenvalue weighted by molar-refractivity contribution is -0.121. The molecule has 0 aromatic carbocycles. The first-order valence-electron chi connectivity index (χ1n) is 13.1. The van der Waals surface area contributed by atoms with E-state index in [0.29, 0.717) is 33.7 Å². The molecule has 1 aliphatic carbocycles. The van der Waals surface area contributed by atoms with Gasteiger partial charge in [-0.25, -0.2) is 9.97 Å². The lowest BCUT2D eigenvalue weighted by atomic mass is 9.85. The van der Waals surface area contributed by atoms with Gasteiger partial charge >= 0.3 is 0 Å². The van der Waals surface area contributed by atoms with Gasteiger partial charge in [-0.1, -0.05) is 32.4 Å². The van der Waals surface area contributed by atoms with E-state index in [0.717, 1.165) is 31.4 Å². The first-order chi connectivity index (χ1) is 17.7. The monoisotopic (exact) mass is 523 g/mol. The van der Waals surface area contributed by atoms with Crippen LogP contribution in [-0.4, -0.2) is 45.8 Å². The average Bonchev–Trinajstić information content (AvgIpc) is 3.53. The number of aromatic nitrogens is 2. The van der Waals surface area contributed by atoms with E-state index in [1.807, 2.05) is 6.07 Å². The highest BCUT2D eigenvalue weighted by Crippen LogP contribution is 2.35. The Balaban J connectivity index is 1.40. The lowest BCUT2D eigenvalue weighted by Crippen LogP contribution is -2.38. The normalized spacial score (nSPS) is 20.8. The third-order valence-corrected chi connectivity index (χ3v) is 7.67. The van der Waals surface area contributed by atoms with Gasteiger partial charge < -0.3 is 20.0 Å². The Morgan fingerprint density at radius 2 is 1.76 bits per heavy atom. The number of halogens is 1. The van der Waals surface area contributed by atoms with Crippen molar-refractivity contribution in [2.45, 2.75) is 70.8 Å². The molecule has 8 nitrogen and oxygen atoms in total. The predicted octanol–water partition coefficient (Wildman–Crippen LogP) is 6.02. The summed E-state index contributed by atoms with van der Waals surface area (Å²) in [7, 11) is 0. The van der Waals surface area contributed by atoms with Crippen molar-refractivity contribution in [3.8, 4) is 0 Å². The quantitative estimate of drug-likeness (QED) is 0.424. The molecule has 3 aromatic rings. The maximum atomic E-state index is 13.4. The van der Waals surface area contributed by atoms with Crippen molar-refractivity contribution in [2.75, 3.05) is 23.7 Å². The van der Waals surface area contributed by atoms with E-state index in [9.17, 15) is 9.59 Å². The smallest absolute Gasteiger partial charge is 0.294 e. The number of hydrogen-bond acceptors (Lipinski definition) is 6. The molecule has 2 aliphatic rings. The van der Waals surface area contributed by atoms with Crippen LogP contribution in [0.25, 0.3) is 11.1 Å². The summed E-state index contributed by atoms with van der Waals surface area (Å²) in [5.74, 6) is -0.383. The lowest BCUT2D eigenvalue weighted by Gasteiger charge is -2.33. The number of carbonyl (C=O) groups is 2. The fraction of sp³-hybridized carbons (Fsp3) is 0.500. The minimum absolute atomic E-state index is 0.00409. The van der Waals surface area contributed by atoms with E-state index in [-0.39, 0.29) is 23.0 Å². The number of fused-ring (bicyclic) bond motifs is 1. The molecule has 37 heavy (non-hydrogen) atoms. The number of anilines is 2. The molecule has 1 saturated carbocycles. The molecule has 2 amide bonds. The number of hydrogen-bond donors (Lipinski definition) is 2. The summed E-state index contributed by atoms with van der Waals surface area (Å²) in [5.41, 5.74) is 1.85. The number of nitrogens with zero attached hydrogens (tertiary/aromatic N) is 3. The summed E-state index contributed by atoms with van der Waals surface area (Å²) in [4.78, 5) is 38.2. The maximum Gasteiger partial charge on any atom is 0.294 e. The van der Waals surface area contributed by atoms with E-state index in [4.69, 9.17) is 21.0 Å². The summed E-state index contributed by atoms with van der Waals surface area (Å²) in [5, 5.41) is 6.23. The summed E-state index contributed by atoms with van der Waals surface area (Å²) >= 11 is 5.92. The predicted molar refractivity (Wildman–Crippen MR) is 145 cm³/mol. The van der Waals surface area contributed by atoms with Gasteiger partial charge in [0.15, 0.2) is 5.58 Å². The van der Waals surface area contributed by atoms with Gasteiger partial charge in [-0.05, 0) is 75.9 Å². The van der Waals surface area contributed by atoms with Crippen molar-refractivity contribution < 1.29 is 14.0 Å². The molecule has 3 aromatic heterocycles. The topological polar surface area (TPSA) is 100 Å². The van der Waals surface area contributed by atoms with Crippen LogP contribution in [-0.2, 0) is 10.2 Å². The molecule has 5 rings (SSSR count). The van der Waals surface area contributed by atoms with E-state index < -0.39 is 5.91 Å². The Labute approximate surface area is 222 Å². The van der Waals surface area contributed by atoms with Crippen LogP contribution in [0.5, 0.6) is 0 Å². The first kappa shape index (κ1) is 25.7. The van der Waals surface area contributed by atoms with Gasteiger partial charge in [0.05, 0.1) is 5.02 Å². The summed E-state index contributed by atoms with van der Waals surface area (Å²) in [6.45, 7) is 8.55. The van der Waals surface area contributed by atoms with E-state index in [2.05, 4.69) is 41.3 Å². The van der Waals surface area contributed by atoms with Gasteiger partial charge in [0.25, 0.3) is 5.91 Å². The molecule has 2 fully saturated rings. The number of furan rings is 1. The van der Waals surface area contributed by atoms with Crippen molar-refractivity contribution in [3.05, 3.63) is 46.9 Å². The van der Waals surface area contributed by atoms with Gasteiger partial charge in [0, 0.05) is 29.3 Å². The molecule has 9 heteroatoms. The first-order valence-corrected chi connectivity index (χ1v) is 13.5. The van der Waals surface area contributed by atoms with Crippen molar-refractivity contribution in [3.63, 3.8) is 0 Å². The number of pyridine rings is 2. The molecule has 1 saturated heterocycles. The molecule has 0 unspecified atom stereocenters. The van der Waals surface area contributed by atoms with E-state index >= 15 is 0 Å². The zero-order valence-corrected chi connectivity index (χ0v) is 22.4. The van der Waals surface area contributed by atoms with Crippen molar-refractivity contribution in [2.24, 2.45) is 5.92 Å². The van der Waals surface area contributed by atoms with Crippen LogP contribution in [0.2, 0.25) is 5.02 Å². The Morgan fingerprint density at radius 3 is 2.41 bits per heavy atom. The second-order valence-electron chi connectivity index (χ2n) is 11.2. The second kappa shape index (κ2) is 10.4. The molecular weight excluding hydrogens is 490 g/mol. The van der Waals surface area contributed by atoms with Crippen LogP contribution in [0.4, 0.5) is 11.5 Å². The van der Waals surface area contributed by atoms with Crippen LogP contribution in [0.15, 0.2) is 34.9 Å². The van der Waals surface area contributed by atoms with E-state index in [1.54, 1.807) is 18.2 Å².